The summed E-state index contributed by atoms with van der Waals surface area (Å²) in [7, 11) is 5.73. The first-order valence-electron chi connectivity index (χ1n) is 7.17. The third-order valence-electron chi connectivity index (χ3n) is 3.73. The topological polar surface area (TPSA) is 37.6 Å². The smallest absolute Gasteiger partial charge is 0.125 e. The molecule has 0 bridgehead atoms. The SMILES string of the molecule is CNC(C)c1c(OC)cccc1N(C)Cc1ccc(C)o1. The Labute approximate surface area is 126 Å². The highest BCUT2D eigenvalue weighted by Gasteiger charge is 2.18. The van der Waals surface area contributed by atoms with E-state index in [2.05, 4.69) is 30.3 Å². The Hall–Kier alpha value is -1.94. The summed E-state index contributed by atoms with van der Waals surface area (Å²) in [6.45, 7) is 4.82. The van der Waals surface area contributed by atoms with Crippen molar-refractivity contribution in [3.05, 3.63) is 47.4 Å². The second kappa shape index (κ2) is 6.68. The van der Waals surface area contributed by atoms with Crippen LogP contribution in [0.4, 0.5) is 5.69 Å². The second-order valence-electron chi connectivity index (χ2n) is 5.27. The average molecular weight is 288 g/mol. The number of hydrogen-bond donors (Lipinski definition) is 1. The quantitative estimate of drug-likeness (QED) is 0.882. The number of benzene rings is 1. The Morgan fingerprint density at radius 2 is 2.05 bits per heavy atom. The molecule has 0 saturated carbocycles. The van der Waals surface area contributed by atoms with E-state index in [0.717, 1.165) is 35.1 Å². The zero-order valence-electron chi connectivity index (χ0n) is 13.4. The van der Waals surface area contributed by atoms with Crippen molar-refractivity contribution in [3.63, 3.8) is 0 Å². The van der Waals surface area contributed by atoms with Gasteiger partial charge in [-0.25, -0.2) is 0 Å². The number of hydrogen-bond acceptors (Lipinski definition) is 4. The predicted octanol–water partition coefficient (Wildman–Crippen LogP) is 3.51. The van der Waals surface area contributed by atoms with Crippen LogP contribution in [0.25, 0.3) is 0 Å². The fourth-order valence-corrected chi connectivity index (χ4v) is 2.51. The molecule has 1 unspecified atom stereocenters. The van der Waals surface area contributed by atoms with Crippen LogP contribution in [0, 0.1) is 6.92 Å². The summed E-state index contributed by atoms with van der Waals surface area (Å²) in [6.07, 6.45) is 0. The van der Waals surface area contributed by atoms with E-state index in [9.17, 15) is 0 Å². The van der Waals surface area contributed by atoms with Gasteiger partial charge in [0.15, 0.2) is 0 Å². The number of nitrogens with zero attached hydrogens (tertiary/aromatic N) is 1. The molecule has 2 rings (SSSR count). The van der Waals surface area contributed by atoms with Gasteiger partial charge < -0.3 is 19.4 Å². The van der Waals surface area contributed by atoms with Crippen molar-refractivity contribution in [2.45, 2.75) is 26.4 Å². The summed E-state index contributed by atoms with van der Waals surface area (Å²) < 4.78 is 11.2. The van der Waals surface area contributed by atoms with E-state index in [-0.39, 0.29) is 6.04 Å². The third kappa shape index (κ3) is 3.39. The Balaban J connectivity index is 2.33. The maximum atomic E-state index is 5.67. The molecule has 1 heterocycles. The van der Waals surface area contributed by atoms with Crippen LogP contribution < -0.4 is 15.0 Å². The molecule has 1 aromatic heterocycles. The van der Waals surface area contributed by atoms with Crippen LogP contribution in [0.5, 0.6) is 5.75 Å². The third-order valence-corrected chi connectivity index (χ3v) is 3.73. The fourth-order valence-electron chi connectivity index (χ4n) is 2.51. The van der Waals surface area contributed by atoms with Gasteiger partial charge >= 0.3 is 0 Å². The van der Waals surface area contributed by atoms with Crippen LogP contribution >= 0.6 is 0 Å². The minimum Gasteiger partial charge on any atom is -0.496 e. The average Bonchev–Trinajstić information content (AvgIpc) is 2.90. The van der Waals surface area contributed by atoms with E-state index >= 15 is 0 Å². The number of rotatable bonds is 6. The molecule has 4 nitrogen and oxygen atoms in total. The highest BCUT2D eigenvalue weighted by molar-refractivity contribution is 5.60. The van der Waals surface area contributed by atoms with E-state index < -0.39 is 0 Å². The fraction of sp³-hybridized carbons (Fsp3) is 0.412. The minimum atomic E-state index is 0.205. The van der Waals surface area contributed by atoms with Gasteiger partial charge in [0.25, 0.3) is 0 Å². The van der Waals surface area contributed by atoms with Crippen LogP contribution in [-0.4, -0.2) is 21.2 Å². The largest absolute Gasteiger partial charge is 0.496 e. The number of methoxy groups -OCH3 is 1. The highest BCUT2D eigenvalue weighted by Crippen LogP contribution is 2.34. The normalized spacial score (nSPS) is 12.2. The molecule has 2 aromatic rings. The number of furan rings is 1. The summed E-state index contributed by atoms with van der Waals surface area (Å²) in [5.41, 5.74) is 2.30. The van der Waals surface area contributed by atoms with E-state index in [0.29, 0.717) is 0 Å². The lowest BCUT2D eigenvalue weighted by molar-refractivity contribution is 0.403. The van der Waals surface area contributed by atoms with Gasteiger partial charge in [0.05, 0.1) is 13.7 Å². The number of ether oxygens (including phenoxy) is 1. The molecular formula is C17H24N2O2. The molecule has 0 fully saturated rings. The molecule has 0 aliphatic rings. The lowest BCUT2D eigenvalue weighted by Gasteiger charge is -2.26. The highest BCUT2D eigenvalue weighted by atomic mass is 16.5. The van der Waals surface area contributed by atoms with E-state index in [1.165, 1.54) is 0 Å². The van der Waals surface area contributed by atoms with Crippen LogP contribution in [0.15, 0.2) is 34.7 Å². The first-order chi connectivity index (χ1) is 10.1. The van der Waals surface area contributed by atoms with E-state index in [4.69, 9.17) is 9.15 Å². The van der Waals surface area contributed by atoms with Crippen molar-refractivity contribution >= 4 is 5.69 Å². The van der Waals surface area contributed by atoms with Gasteiger partial charge in [-0.3, -0.25) is 0 Å². The monoisotopic (exact) mass is 288 g/mol. The van der Waals surface area contributed by atoms with Crippen LogP contribution in [-0.2, 0) is 6.54 Å². The molecule has 1 N–H and O–H groups in total. The molecule has 4 heteroatoms. The van der Waals surface area contributed by atoms with E-state index in [1.54, 1.807) is 7.11 Å². The Kier molecular flexibility index (Phi) is 4.91. The molecule has 1 atom stereocenters. The molecule has 0 aliphatic carbocycles. The van der Waals surface area contributed by atoms with Gasteiger partial charge in [-0.2, -0.15) is 0 Å². The van der Waals surface area contributed by atoms with Crippen molar-refractivity contribution in [2.24, 2.45) is 0 Å². The zero-order valence-corrected chi connectivity index (χ0v) is 13.4. The van der Waals surface area contributed by atoms with Gasteiger partial charge in [-0.1, -0.05) is 6.07 Å². The first-order valence-corrected chi connectivity index (χ1v) is 7.17. The van der Waals surface area contributed by atoms with Crippen molar-refractivity contribution in [2.75, 3.05) is 26.1 Å². The lowest BCUT2D eigenvalue weighted by atomic mass is 10.0. The number of nitrogens with one attached hydrogen (secondary N) is 1. The summed E-state index contributed by atoms with van der Waals surface area (Å²) in [6, 6.07) is 10.3. The maximum Gasteiger partial charge on any atom is 0.125 e. The minimum absolute atomic E-state index is 0.205. The standard InChI is InChI=1S/C17H24N2O2/c1-12-9-10-14(21-12)11-19(4)15-7-6-8-16(20-5)17(15)13(2)18-3/h6-10,13,18H,11H2,1-5H3. The summed E-state index contributed by atoms with van der Waals surface area (Å²) in [5, 5.41) is 3.29. The first kappa shape index (κ1) is 15.4. The Bertz CT molecular complexity index is 592. The molecule has 21 heavy (non-hydrogen) atoms. The van der Waals surface area contributed by atoms with Crippen LogP contribution in [0.2, 0.25) is 0 Å². The summed E-state index contributed by atoms with van der Waals surface area (Å²) in [4.78, 5) is 2.18. The predicted molar refractivity (Wildman–Crippen MR) is 86.0 cm³/mol. The molecule has 0 radical (unpaired) electrons. The van der Waals surface area contributed by atoms with Gasteiger partial charge in [-0.05, 0) is 45.2 Å². The Morgan fingerprint density at radius 3 is 2.62 bits per heavy atom. The van der Waals surface area contributed by atoms with Gasteiger partial charge in [0, 0.05) is 24.3 Å². The van der Waals surface area contributed by atoms with E-state index in [1.807, 2.05) is 38.2 Å². The number of anilines is 1. The van der Waals surface area contributed by atoms with Crippen molar-refractivity contribution in [1.29, 1.82) is 0 Å². The molecule has 114 valence electrons. The molecule has 1 aromatic carbocycles. The second-order valence-corrected chi connectivity index (χ2v) is 5.27. The van der Waals surface area contributed by atoms with Gasteiger partial charge in [0.2, 0.25) is 0 Å². The van der Waals surface area contributed by atoms with Crippen LogP contribution in [0.3, 0.4) is 0 Å². The molecule has 0 spiro atoms. The molecular weight excluding hydrogens is 264 g/mol. The summed E-state index contributed by atoms with van der Waals surface area (Å²) in [5.74, 6) is 2.80. The van der Waals surface area contributed by atoms with Crippen molar-refractivity contribution in [1.82, 2.24) is 5.32 Å². The summed E-state index contributed by atoms with van der Waals surface area (Å²) >= 11 is 0. The van der Waals surface area contributed by atoms with Gasteiger partial charge in [-0.15, -0.1) is 0 Å². The molecule has 0 aliphatic heterocycles. The molecule has 0 saturated heterocycles. The zero-order chi connectivity index (χ0) is 15.4. The van der Waals surface area contributed by atoms with Gasteiger partial charge in [0.1, 0.15) is 17.3 Å². The molecule has 0 amide bonds. The maximum absolute atomic E-state index is 5.67. The lowest BCUT2D eigenvalue weighted by Crippen LogP contribution is -2.22. The Morgan fingerprint density at radius 1 is 1.29 bits per heavy atom. The van der Waals surface area contributed by atoms with Crippen molar-refractivity contribution < 1.29 is 9.15 Å². The van der Waals surface area contributed by atoms with Crippen LogP contribution in [0.1, 0.15) is 30.0 Å². The van der Waals surface area contributed by atoms with Crippen molar-refractivity contribution in [3.8, 4) is 5.75 Å². The number of aryl methyl sites for hydroxylation is 1.